The Morgan fingerprint density at radius 2 is 1.70 bits per heavy atom. The van der Waals surface area contributed by atoms with Gasteiger partial charge in [0.25, 0.3) is 5.91 Å². The first-order valence-electron chi connectivity index (χ1n) is 9.09. The zero-order chi connectivity index (χ0) is 22.3. The van der Waals surface area contributed by atoms with E-state index in [1.165, 1.54) is 33.3 Å². The highest BCUT2D eigenvalue weighted by Gasteiger charge is 2.19. The summed E-state index contributed by atoms with van der Waals surface area (Å²) < 4.78 is 38.5. The average molecular weight is 435 g/mol. The maximum absolute atomic E-state index is 12.3. The molecule has 0 saturated heterocycles. The highest BCUT2D eigenvalue weighted by molar-refractivity contribution is 7.89. The summed E-state index contributed by atoms with van der Waals surface area (Å²) in [6.45, 7) is 1.67. The van der Waals surface area contributed by atoms with Gasteiger partial charge in [-0.25, -0.2) is 13.2 Å². The Morgan fingerprint density at radius 3 is 2.33 bits per heavy atom. The molecule has 9 heteroatoms. The number of hydrogen-bond acceptors (Lipinski definition) is 7. The number of hydrogen-bond donors (Lipinski definition) is 1. The van der Waals surface area contributed by atoms with E-state index in [4.69, 9.17) is 14.2 Å². The average Bonchev–Trinajstić information content (AvgIpc) is 2.70. The number of sulfone groups is 1. The van der Waals surface area contributed by atoms with Gasteiger partial charge in [0.2, 0.25) is 0 Å². The fourth-order valence-corrected chi connectivity index (χ4v) is 3.48. The summed E-state index contributed by atoms with van der Waals surface area (Å²) in [4.78, 5) is 24.6. The molecular weight excluding hydrogens is 410 g/mol. The predicted molar refractivity (Wildman–Crippen MR) is 111 cm³/mol. The number of nitrogens with one attached hydrogen (secondary N) is 1. The Balaban J connectivity index is 1.95. The molecule has 2 aromatic carbocycles. The minimum atomic E-state index is -3.23. The summed E-state index contributed by atoms with van der Waals surface area (Å²) in [6.07, 6.45) is 0.0826. The van der Waals surface area contributed by atoms with Crippen molar-refractivity contribution in [1.29, 1.82) is 0 Å². The molecule has 0 radical (unpaired) electrons. The van der Waals surface area contributed by atoms with Gasteiger partial charge in [-0.2, -0.15) is 0 Å². The van der Waals surface area contributed by atoms with E-state index in [-0.39, 0.29) is 17.9 Å². The summed E-state index contributed by atoms with van der Waals surface area (Å²) in [5.41, 5.74) is 1.43. The van der Waals surface area contributed by atoms with Crippen LogP contribution in [0.5, 0.6) is 11.5 Å². The van der Waals surface area contributed by atoms with Crippen molar-refractivity contribution >= 4 is 21.7 Å². The lowest BCUT2D eigenvalue weighted by molar-refractivity contribution is -0.129. The highest BCUT2D eigenvalue weighted by atomic mass is 32.2. The van der Waals surface area contributed by atoms with E-state index in [1.807, 2.05) is 0 Å². The molecule has 162 valence electrons. The van der Waals surface area contributed by atoms with E-state index >= 15 is 0 Å². The molecule has 1 unspecified atom stereocenters. The summed E-state index contributed by atoms with van der Waals surface area (Å²) in [5.74, 6) is -0.245. The standard InChI is InChI=1S/C21H25NO7S/c1-14(20(23)22-12-15-8-9-18(27-2)19(11-15)28-3)29-21(24)17-7-5-6-16(10-17)13-30(4,25)26/h5-11,14H,12-13H2,1-4H3,(H,22,23). The number of amides is 1. The third kappa shape index (κ3) is 6.77. The Kier molecular flexibility index (Phi) is 7.82. The smallest absolute Gasteiger partial charge is 0.338 e. The lowest BCUT2D eigenvalue weighted by Gasteiger charge is -2.15. The summed E-state index contributed by atoms with van der Waals surface area (Å²) in [5, 5.41) is 2.69. The number of carbonyl (C=O) groups is 2. The first-order chi connectivity index (χ1) is 14.1. The molecule has 1 atom stereocenters. The van der Waals surface area contributed by atoms with Gasteiger partial charge in [0, 0.05) is 12.8 Å². The zero-order valence-corrected chi connectivity index (χ0v) is 18.1. The molecule has 0 spiro atoms. The molecule has 2 aromatic rings. The minimum Gasteiger partial charge on any atom is -0.493 e. The van der Waals surface area contributed by atoms with E-state index in [1.54, 1.807) is 30.3 Å². The van der Waals surface area contributed by atoms with Crippen LogP contribution < -0.4 is 14.8 Å². The Labute approximate surface area is 176 Å². The van der Waals surface area contributed by atoms with Crippen molar-refractivity contribution in [2.24, 2.45) is 0 Å². The number of benzene rings is 2. The van der Waals surface area contributed by atoms with E-state index < -0.39 is 27.8 Å². The van der Waals surface area contributed by atoms with Crippen molar-refractivity contribution in [2.45, 2.75) is 25.3 Å². The van der Waals surface area contributed by atoms with Crippen LogP contribution in [0.25, 0.3) is 0 Å². The molecule has 2 rings (SSSR count). The van der Waals surface area contributed by atoms with Gasteiger partial charge in [0.05, 0.1) is 25.5 Å². The maximum atomic E-state index is 12.3. The van der Waals surface area contributed by atoms with E-state index in [2.05, 4.69) is 5.32 Å². The topological polar surface area (TPSA) is 108 Å². The number of ether oxygens (including phenoxy) is 3. The lowest BCUT2D eigenvalue weighted by atomic mass is 10.1. The fourth-order valence-electron chi connectivity index (χ4n) is 2.70. The Bertz CT molecular complexity index is 1020. The van der Waals surface area contributed by atoms with Crippen molar-refractivity contribution in [3.8, 4) is 11.5 Å². The van der Waals surface area contributed by atoms with Crippen LogP contribution >= 0.6 is 0 Å². The van der Waals surface area contributed by atoms with E-state index in [0.29, 0.717) is 17.1 Å². The normalized spacial score (nSPS) is 12.0. The van der Waals surface area contributed by atoms with E-state index in [9.17, 15) is 18.0 Å². The van der Waals surface area contributed by atoms with Crippen LogP contribution in [0.15, 0.2) is 42.5 Å². The van der Waals surface area contributed by atoms with Gasteiger partial charge in [-0.05, 0) is 42.3 Å². The quantitative estimate of drug-likeness (QED) is 0.601. The largest absolute Gasteiger partial charge is 0.493 e. The molecule has 0 fully saturated rings. The third-order valence-electron chi connectivity index (χ3n) is 4.16. The van der Waals surface area contributed by atoms with Crippen LogP contribution in [0.3, 0.4) is 0 Å². The van der Waals surface area contributed by atoms with Crippen LogP contribution in [0.4, 0.5) is 0 Å². The number of rotatable bonds is 9. The number of methoxy groups -OCH3 is 2. The molecule has 1 N–H and O–H groups in total. The Hall–Kier alpha value is -3.07. The van der Waals surface area contributed by atoms with Gasteiger partial charge < -0.3 is 19.5 Å². The van der Waals surface area contributed by atoms with Crippen molar-refractivity contribution in [3.05, 3.63) is 59.2 Å². The van der Waals surface area contributed by atoms with Crippen molar-refractivity contribution in [3.63, 3.8) is 0 Å². The molecule has 0 aromatic heterocycles. The second-order valence-corrected chi connectivity index (χ2v) is 8.87. The van der Waals surface area contributed by atoms with Crippen molar-refractivity contribution < 1.29 is 32.2 Å². The monoisotopic (exact) mass is 435 g/mol. The van der Waals surface area contributed by atoms with Crippen LogP contribution in [-0.2, 0) is 31.7 Å². The first kappa shape index (κ1) is 23.2. The van der Waals surface area contributed by atoms with Gasteiger partial charge in [0.15, 0.2) is 27.4 Å². The fraction of sp³-hybridized carbons (Fsp3) is 0.333. The van der Waals surface area contributed by atoms with Gasteiger partial charge in [-0.1, -0.05) is 18.2 Å². The summed E-state index contributed by atoms with van der Waals surface area (Å²) in [7, 11) is -0.178. The predicted octanol–water partition coefficient (Wildman–Crippen LogP) is 2.11. The van der Waals surface area contributed by atoms with E-state index in [0.717, 1.165) is 11.8 Å². The summed E-state index contributed by atoms with van der Waals surface area (Å²) >= 11 is 0. The van der Waals surface area contributed by atoms with Gasteiger partial charge in [-0.3, -0.25) is 4.79 Å². The highest BCUT2D eigenvalue weighted by Crippen LogP contribution is 2.27. The lowest BCUT2D eigenvalue weighted by Crippen LogP contribution is -2.35. The molecule has 0 heterocycles. The third-order valence-corrected chi connectivity index (χ3v) is 5.02. The molecule has 0 aliphatic rings. The van der Waals surface area contributed by atoms with Crippen molar-refractivity contribution in [2.75, 3.05) is 20.5 Å². The van der Waals surface area contributed by atoms with Crippen molar-refractivity contribution in [1.82, 2.24) is 5.32 Å². The van der Waals surface area contributed by atoms with Crippen LogP contribution in [0.1, 0.15) is 28.4 Å². The van der Waals surface area contributed by atoms with Gasteiger partial charge in [0.1, 0.15) is 0 Å². The first-order valence-corrected chi connectivity index (χ1v) is 11.1. The Morgan fingerprint density at radius 1 is 1.00 bits per heavy atom. The summed E-state index contributed by atoms with van der Waals surface area (Å²) in [6, 6.07) is 11.4. The van der Waals surface area contributed by atoms with Crippen LogP contribution in [0.2, 0.25) is 0 Å². The number of carbonyl (C=O) groups excluding carboxylic acids is 2. The molecule has 0 saturated carbocycles. The zero-order valence-electron chi connectivity index (χ0n) is 17.3. The molecular formula is C21H25NO7S. The minimum absolute atomic E-state index is 0.177. The molecule has 0 aliphatic heterocycles. The number of esters is 1. The van der Waals surface area contributed by atoms with Gasteiger partial charge >= 0.3 is 5.97 Å². The second-order valence-electron chi connectivity index (χ2n) is 6.73. The molecule has 1 amide bonds. The molecule has 8 nitrogen and oxygen atoms in total. The molecule has 0 bridgehead atoms. The second kappa shape index (κ2) is 10.1. The van der Waals surface area contributed by atoms with Crippen LogP contribution in [0, 0.1) is 0 Å². The van der Waals surface area contributed by atoms with Crippen LogP contribution in [-0.4, -0.2) is 46.9 Å². The molecule has 0 aliphatic carbocycles. The SMILES string of the molecule is COc1ccc(CNC(=O)C(C)OC(=O)c2cccc(CS(C)(=O)=O)c2)cc1OC. The maximum Gasteiger partial charge on any atom is 0.338 e. The van der Waals surface area contributed by atoms with Gasteiger partial charge in [-0.15, -0.1) is 0 Å². The molecule has 30 heavy (non-hydrogen) atoms.